The van der Waals surface area contributed by atoms with Crippen LogP contribution in [0.5, 0.6) is 0 Å². The molecule has 17 heavy (non-hydrogen) atoms. The molecule has 5 heteroatoms. The SMILES string of the molecule is CCCCNC(=O)C1C=CC=C(B(O)O)C=C1. The molecule has 0 aliphatic heterocycles. The van der Waals surface area contributed by atoms with E-state index in [0.29, 0.717) is 12.0 Å². The summed E-state index contributed by atoms with van der Waals surface area (Å²) in [6, 6.07) is 0. The molecule has 1 amide bonds. The molecule has 92 valence electrons. The predicted molar refractivity (Wildman–Crippen MR) is 68.0 cm³/mol. The van der Waals surface area contributed by atoms with Crippen LogP contribution in [0.3, 0.4) is 0 Å². The molecule has 0 spiro atoms. The first-order valence-electron chi connectivity index (χ1n) is 5.85. The standard InChI is InChI=1S/C12H18BNO3/c1-2-3-9-14-12(15)10-5-4-6-11(8-7-10)13(16)17/h4-8,10,16-17H,2-3,9H2,1H3,(H,14,15). The number of carbonyl (C=O) groups is 1. The molecule has 1 aliphatic carbocycles. The van der Waals surface area contributed by atoms with Gasteiger partial charge in [-0.15, -0.1) is 0 Å². The number of allylic oxidation sites excluding steroid dienone is 4. The van der Waals surface area contributed by atoms with E-state index < -0.39 is 7.12 Å². The van der Waals surface area contributed by atoms with Gasteiger partial charge in [0, 0.05) is 6.54 Å². The first kappa shape index (κ1) is 13.7. The molecule has 1 unspecified atom stereocenters. The van der Waals surface area contributed by atoms with E-state index in [1.807, 2.05) is 0 Å². The summed E-state index contributed by atoms with van der Waals surface area (Å²) in [5.41, 5.74) is 0.380. The lowest BCUT2D eigenvalue weighted by Crippen LogP contribution is -2.29. The highest BCUT2D eigenvalue weighted by Gasteiger charge is 2.16. The Morgan fingerprint density at radius 2 is 2.24 bits per heavy atom. The fraction of sp³-hybridized carbons (Fsp3) is 0.417. The minimum atomic E-state index is -1.50. The van der Waals surface area contributed by atoms with Gasteiger partial charge in [-0.3, -0.25) is 4.79 Å². The summed E-state index contributed by atoms with van der Waals surface area (Å²) in [6.07, 6.45) is 10.2. The Labute approximate surface area is 102 Å². The second-order valence-corrected chi connectivity index (χ2v) is 3.95. The Morgan fingerprint density at radius 3 is 2.88 bits per heavy atom. The second-order valence-electron chi connectivity index (χ2n) is 3.95. The van der Waals surface area contributed by atoms with Gasteiger partial charge in [0.15, 0.2) is 0 Å². The van der Waals surface area contributed by atoms with Gasteiger partial charge < -0.3 is 15.4 Å². The molecule has 0 aromatic heterocycles. The van der Waals surface area contributed by atoms with Crippen LogP contribution in [0.2, 0.25) is 0 Å². The Morgan fingerprint density at radius 1 is 1.47 bits per heavy atom. The average Bonchev–Trinajstić information content (AvgIpc) is 2.54. The molecule has 1 rings (SSSR count). The second kappa shape index (κ2) is 7.09. The number of hydrogen-bond donors (Lipinski definition) is 3. The molecule has 0 saturated carbocycles. The third kappa shape index (κ3) is 4.59. The van der Waals surface area contributed by atoms with Gasteiger partial charge in [0.1, 0.15) is 0 Å². The molecular weight excluding hydrogens is 217 g/mol. The van der Waals surface area contributed by atoms with Gasteiger partial charge >= 0.3 is 7.12 Å². The number of hydrogen-bond acceptors (Lipinski definition) is 3. The molecule has 0 aromatic carbocycles. The van der Waals surface area contributed by atoms with Gasteiger partial charge in [0.25, 0.3) is 0 Å². The lowest BCUT2D eigenvalue weighted by molar-refractivity contribution is -0.122. The van der Waals surface area contributed by atoms with Crippen LogP contribution in [0.1, 0.15) is 19.8 Å². The Kier molecular flexibility index (Phi) is 5.73. The molecule has 0 bridgehead atoms. The Bertz CT molecular complexity index is 348. The van der Waals surface area contributed by atoms with E-state index >= 15 is 0 Å². The summed E-state index contributed by atoms with van der Waals surface area (Å²) in [6.45, 7) is 2.74. The minimum absolute atomic E-state index is 0.0620. The molecule has 0 saturated heterocycles. The van der Waals surface area contributed by atoms with Crippen molar-refractivity contribution in [3.63, 3.8) is 0 Å². The maximum Gasteiger partial charge on any atom is 0.488 e. The summed E-state index contributed by atoms with van der Waals surface area (Å²) in [5, 5.41) is 20.8. The third-order valence-corrected chi connectivity index (χ3v) is 2.53. The van der Waals surface area contributed by atoms with E-state index in [1.54, 1.807) is 30.4 Å². The van der Waals surface area contributed by atoms with Crippen molar-refractivity contribution >= 4 is 13.0 Å². The van der Waals surface area contributed by atoms with Crippen LogP contribution < -0.4 is 5.32 Å². The predicted octanol–water partition coefficient (Wildman–Crippen LogP) is 0.583. The average molecular weight is 235 g/mol. The van der Waals surface area contributed by atoms with Crippen LogP contribution in [0.15, 0.2) is 35.9 Å². The van der Waals surface area contributed by atoms with Gasteiger partial charge in [-0.2, -0.15) is 0 Å². The maximum absolute atomic E-state index is 11.7. The summed E-state index contributed by atoms with van der Waals surface area (Å²) in [5.74, 6) is -0.410. The zero-order valence-electron chi connectivity index (χ0n) is 9.97. The fourth-order valence-corrected chi connectivity index (χ4v) is 1.47. The molecule has 4 nitrogen and oxygen atoms in total. The van der Waals surface area contributed by atoms with E-state index in [2.05, 4.69) is 12.2 Å². The fourth-order valence-electron chi connectivity index (χ4n) is 1.47. The van der Waals surface area contributed by atoms with E-state index in [0.717, 1.165) is 12.8 Å². The number of amides is 1. The lowest BCUT2D eigenvalue weighted by Gasteiger charge is -2.08. The summed E-state index contributed by atoms with van der Waals surface area (Å²) in [7, 11) is -1.50. The molecule has 1 aliphatic rings. The number of carbonyl (C=O) groups excluding carboxylic acids is 1. The van der Waals surface area contributed by atoms with E-state index in [9.17, 15) is 4.79 Å². The highest BCUT2D eigenvalue weighted by molar-refractivity contribution is 6.51. The third-order valence-electron chi connectivity index (χ3n) is 2.53. The number of rotatable bonds is 5. The van der Waals surface area contributed by atoms with Crippen LogP contribution in [0.25, 0.3) is 0 Å². The minimum Gasteiger partial charge on any atom is -0.423 e. The van der Waals surface area contributed by atoms with Crippen LogP contribution in [-0.4, -0.2) is 29.6 Å². The zero-order chi connectivity index (χ0) is 12.7. The molecule has 0 fully saturated rings. The van der Waals surface area contributed by atoms with Crippen molar-refractivity contribution in [3.8, 4) is 0 Å². The first-order chi connectivity index (χ1) is 8.15. The lowest BCUT2D eigenvalue weighted by atomic mass is 9.79. The molecule has 0 heterocycles. The van der Waals surface area contributed by atoms with E-state index in [-0.39, 0.29) is 11.8 Å². The van der Waals surface area contributed by atoms with Crippen molar-refractivity contribution in [2.45, 2.75) is 19.8 Å². The van der Waals surface area contributed by atoms with Gasteiger partial charge in [-0.1, -0.05) is 43.7 Å². The smallest absolute Gasteiger partial charge is 0.423 e. The van der Waals surface area contributed by atoms with Crippen LogP contribution in [0, 0.1) is 5.92 Å². The van der Waals surface area contributed by atoms with Crippen molar-refractivity contribution in [1.29, 1.82) is 0 Å². The van der Waals surface area contributed by atoms with Gasteiger partial charge in [0.05, 0.1) is 5.92 Å². The molecule has 3 N–H and O–H groups in total. The summed E-state index contributed by atoms with van der Waals surface area (Å²) in [4.78, 5) is 11.7. The van der Waals surface area contributed by atoms with Crippen molar-refractivity contribution in [3.05, 3.63) is 35.9 Å². The quantitative estimate of drug-likeness (QED) is 0.482. The number of unbranched alkanes of at least 4 members (excludes halogenated alkanes) is 1. The van der Waals surface area contributed by atoms with Crippen molar-refractivity contribution in [1.82, 2.24) is 5.32 Å². The highest BCUT2D eigenvalue weighted by Crippen LogP contribution is 2.11. The first-order valence-corrected chi connectivity index (χ1v) is 5.85. The molecule has 0 radical (unpaired) electrons. The zero-order valence-corrected chi connectivity index (χ0v) is 9.97. The van der Waals surface area contributed by atoms with Gasteiger partial charge in [0.2, 0.25) is 5.91 Å². The van der Waals surface area contributed by atoms with Gasteiger partial charge in [-0.05, 0) is 11.9 Å². The van der Waals surface area contributed by atoms with E-state index in [4.69, 9.17) is 10.0 Å². The molecule has 1 atom stereocenters. The van der Waals surface area contributed by atoms with Crippen molar-refractivity contribution in [2.24, 2.45) is 5.92 Å². The largest absolute Gasteiger partial charge is 0.488 e. The monoisotopic (exact) mass is 235 g/mol. The highest BCUT2D eigenvalue weighted by atomic mass is 16.4. The Hall–Kier alpha value is -1.33. The maximum atomic E-state index is 11.7. The van der Waals surface area contributed by atoms with Crippen LogP contribution in [0.4, 0.5) is 0 Å². The van der Waals surface area contributed by atoms with Crippen molar-refractivity contribution in [2.75, 3.05) is 6.54 Å². The van der Waals surface area contributed by atoms with Crippen molar-refractivity contribution < 1.29 is 14.8 Å². The van der Waals surface area contributed by atoms with Crippen LogP contribution >= 0.6 is 0 Å². The topological polar surface area (TPSA) is 69.6 Å². The Balaban J connectivity index is 2.53. The van der Waals surface area contributed by atoms with E-state index in [1.165, 1.54) is 0 Å². The summed E-state index contributed by atoms with van der Waals surface area (Å²) < 4.78 is 0. The number of nitrogens with one attached hydrogen (secondary N) is 1. The van der Waals surface area contributed by atoms with Crippen LogP contribution in [-0.2, 0) is 4.79 Å². The summed E-state index contributed by atoms with van der Waals surface area (Å²) >= 11 is 0. The van der Waals surface area contributed by atoms with Gasteiger partial charge in [-0.25, -0.2) is 0 Å². The molecular formula is C12H18BNO3. The normalized spacial score (nSPS) is 18.5. The molecule has 0 aromatic rings.